The molecule has 0 amide bonds. The van der Waals surface area contributed by atoms with Crippen molar-refractivity contribution >= 4 is 21.4 Å². The molecule has 0 saturated heterocycles. The molecule has 18 heavy (non-hydrogen) atoms. The van der Waals surface area contributed by atoms with E-state index < -0.39 is 15.3 Å². The third-order valence-corrected chi connectivity index (χ3v) is 4.16. The second-order valence-electron chi connectivity index (χ2n) is 4.10. The van der Waals surface area contributed by atoms with Crippen molar-refractivity contribution in [2.75, 3.05) is 11.8 Å². The molecule has 0 heterocycles. The smallest absolute Gasteiger partial charge is 0.235 e. The van der Waals surface area contributed by atoms with E-state index in [0.717, 1.165) is 0 Å². The van der Waals surface area contributed by atoms with E-state index in [1.165, 1.54) is 7.11 Å². The largest absolute Gasteiger partial charge is 0.399 e. The highest BCUT2D eigenvalue weighted by Gasteiger charge is 2.17. The monoisotopic (exact) mass is 270 g/mol. The Bertz CT molecular complexity index is 536. The summed E-state index contributed by atoms with van der Waals surface area (Å²) in [6.45, 7) is 5.01. The Kier molecular flexibility index (Phi) is 4.72. The lowest BCUT2D eigenvalue weighted by Gasteiger charge is -2.14. The third kappa shape index (κ3) is 3.46. The fraction of sp³-hybridized carbons (Fsp3) is 0.417. The van der Waals surface area contributed by atoms with Crippen molar-refractivity contribution in [2.45, 2.75) is 26.0 Å². The maximum absolute atomic E-state index is 11.9. The Labute approximate surface area is 108 Å². The van der Waals surface area contributed by atoms with E-state index in [0.29, 0.717) is 17.0 Å². The Morgan fingerprint density at radius 2 is 1.94 bits per heavy atom. The molecule has 0 unspecified atom stereocenters. The Morgan fingerprint density at radius 3 is 2.50 bits per heavy atom. The predicted molar refractivity (Wildman–Crippen MR) is 73.3 cm³/mol. The molecule has 0 aliphatic rings. The molecule has 1 rings (SSSR count). The molecule has 6 heteroatoms. The summed E-state index contributed by atoms with van der Waals surface area (Å²) in [6, 6.07) is 7.07. The summed E-state index contributed by atoms with van der Waals surface area (Å²) in [7, 11) is -1.92. The van der Waals surface area contributed by atoms with Crippen LogP contribution in [-0.2, 0) is 14.9 Å². The van der Waals surface area contributed by atoms with E-state index in [4.69, 9.17) is 4.84 Å². The van der Waals surface area contributed by atoms with Crippen molar-refractivity contribution in [2.24, 2.45) is 5.16 Å². The summed E-state index contributed by atoms with van der Waals surface area (Å²) < 4.78 is 26.3. The second kappa shape index (κ2) is 5.86. The zero-order chi connectivity index (χ0) is 13.8. The van der Waals surface area contributed by atoms with Crippen LogP contribution in [0.15, 0.2) is 29.4 Å². The molecule has 5 nitrogen and oxygen atoms in total. The van der Waals surface area contributed by atoms with Crippen molar-refractivity contribution < 1.29 is 13.3 Å². The van der Waals surface area contributed by atoms with Gasteiger partial charge in [-0.05, 0) is 26.8 Å². The van der Waals surface area contributed by atoms with E-state index in [1.54, 1.807) is 39.0 Å². The van der Waals surface area contributed by atoms with Crippen LogP contribution in [-0.4, -0.2) is 26.5 Å². The van der Waals surface area contributed by atoms with Gasteiger partial charge in [0.25, 0.3) is 0 Å². The van der Waals surface area contributed by atoms with Crippen molar-refractivity contribution in [3.05, 3.63) is 29.8 Å². The summed E-state index contributed by atoms with van der Waals surface area (Å²) in [5, 5.41) is 3.32. The van der Waals surface area contributed by atoms with Crippen molar-refractivity contribution in [1.29, 1.82) is 0 Å². The van der Waals surface area contributed by atoms with Gasteiger partial charge in [-0.3, -0.25) is 4.72 Å². The first-order valence-corrected chi connectivity index (χ1v) is 7.12. The number of nitrogens with zero attached hydrogens (tertiary/aromatic N) is 1. The standard InChI is InChI=1S/C12H18N2O3S/c1-9(2)18(15,16)14-12-8-6-5-7-11(12)10(3)13-17-4/h5-9,14H,1-4H3/b13-10+. The van der Waals surface area contributed by atoms with E-state index in [-0.39, 0.29) is 0 Å². The molecular weight excluding hydrogens is 252 g/mol. The lowest BCUT2D eigenvalue weighted by atomic mass is 10.1. The van der Waals surface area contributed by atoms with Gasteiger partial charge in [0.05, 0.1) is 16.6 Å². The number of hydrogen-bond acceptors (Lipinski definition) is 4. The molecule has 0 spiro atoms. The highest BCUT2D eigenvalue weighted by atomic mass is 32.2. The zero-order valence-electron chi connectivity index (χ0n) is 11.0. The average molecular weight is 270 g/mol. The van der Waals surface area contributed by atoms with Gasteiger partial charge in [-0.2, -0.15) is 0 Å². The van der Waals surface area contributed by atoms with Crippen LogP contribution in [0.25, 0.3) is 0 Å². The number of oxime groups is 1. The van der Waals surface area contributed by atoms with Gasteiger partial charge < -0.3 is 4.84 Å². The first kappa shape index (κ1) is 14.5. The van der Waals surface area contributed by atoms with E-state index >= 15 is 0 Å². The van der Waals surface area contributed by atoms with E-state index in [1.807, 2.05) is 6.07 Å². The van der Waals surface area contributed by atoms with Gasteiger partial charge >= 0.3 is 0 Å². The lowest BCUT2D eigenvalue weighted by molar-refractivity contribution is 0.213. The van der Waals surface area contributed by atoms with Gasteiger partial charge in [0.2, 0.25) is 10.0 Å². The van der Waals surface area contributed by atoms with Crippen LogP contribution in [0, 0.1) is 0 Å². The lowest BCUT2D eigenvalue weighted by Crippen LogP contribution is -2.23. The minimum absolute atomic E-state index is 0.495. The number of sulfonamides is 1. The van der Waals surface area contributed by atoms with Crippen LogP contribution in [0.3, 0.4) is 0 Å². The molecule has 0 radical (unpaired) electrons. The first-order valence-electron chi connectivity index (χ1n) is 5.57. The Balaban J connectivity index is 3.15. The summed E-state index contributed by atoms with van der Waals surface area (Å²) in [5.41, 5.74) is 1.81. The zero-order valence-corrected chi connectivity index (χ0v) is 11.8. The van der Waals surface area contributed by atoms with Crippen LogP contribution in [0.4, 0.5) is 5.69 Å². The topological polar surface area (TPSA) is 67.8 Å². The van der Waals surface area contributed by atoms with Gasteiger partial charge in [0, 0.05) is 5.56 Å². The predicted octanol–water partition coefficient (Wildman–Crippen LogP) is 2.21. The number of rotatable bonds is 5. The van der Waals surface area contributed by atoms with Crippen molar-refractivity contribution in [1.82, 2.24) is 0 Å². The maximum atomic E-state index is 11.9. The highest BCUT2D eigenvalue weighted by Crippen LogP contribution is 2.19. The number of anilines is 1. The number of para-hydroxylation sites is 1. The second-order valence-corrected chi connectivity index (χ2v) is 6.34. The molecular formula is C12H18N2O3S. The molecule has 0 aliphatic carbocycles. The normalized spacial score (nSPS) is 12.6. The van der Waals surface area contributed by atoms with Crippen LogP contribution in [0.5, 0.6) is 0 Å². The van der Waals surface area contributed by atoms with Crippen LogP contribution in [0.1, 0.15) is 26.3 Å². The minimum atomic E-state index is -3.37. The SMILES string of the molecule is CO/N=C(\C)c1ccccc1NS(=O)(=O)C(C)C. The summed E-state index contributed by atoms with van der Waals surface area (Å²) in [6.07, 6.45) is 0. The van der Waals surface area contributed by atoms with Gasteiger partial charge in [0.1, 0.15) is 7.11 Å². The summed E-state index contributed by atoms with van der Waals surface area (Å²) in [4.78, 5) is 4.70. The first-order chi connectivity index (χ1) is 8.38. The van der Waals surface area contributed by atoms with Gasteiger partial charge in [0.15, 0.2) is 0 Å². The summed E-state index contributed by atoms with van der Waals surface area (Å²) in [5.74, 6) is 0. The molecule has 0 fully saturated rings. The summed E-state index contributed by atoms with van der Waals surface area (Å²) >= 11 is 0. The third-order valence-electron chi connectivity index (χ3n) is 2.42. The maximum Gasteiger partial charge on any atom is 0.235 e. The van der Waals surface area contributed by atoms with Gasteiger partial charge in [-0.25, -0.2) is 8.42 Å². The number of benzene rings is 1. The number of nitrogens with one attached hydrogen (secondary N) is 1. The minimum Gasteiger partial charge on any atom is -0.399 e. The molecule has 0 saturated carbocycles. The molecule has 0 aliphatic heterocycles. The van der Waals surface area contributed by atoms with Crippen LogP contribution < -0.4 is 4.72 Å². The highest BCUT2D eigenvalue weighted by molar-refractivity contribution is 7.93. The van der Waals surface area contributed by atoms with Crippen molar-refractivity contribution in [3.63, 3.8) is 0 Å². The van der Waals surface area contributed by atoms with E-state index in [2.05, 4.69) is 9.88 Å². The molecule has 0 bridgehead atoms. The molecule has 1 N–H and O–H groups in total. The molecule has 0 atom stereocenters. The van der Waals surface area contributed by atoms with Gasteiger partial charge in [-0.15, -0.1) is 0 Å². The van der Waals surface area contributed by atoms with Crippen LogP contribution >= 0.6 is 0 Å². The fourth-order valence-corrected chi connectivity index (χ4v) is 2.07. The average Bonchev–Trinajstić information content (AvgIpc) is 2.29. The number of hydrogen-bond donors (Lipinski definition) is 1. The Morgan fingerprint density at radius 1 is 1.33 bits per heavy atom. The Hall–Kier alpha value is -1.56. The molecule has 100 valence electrons. The van der Waals surface area contributed by atoms with E-state index in [9.17, 15) is 8.42 Å². The van der Waals surface area contributed by atoms with Crippen LogP contribution in [0.2, 0.25) is 0 Å². The molecule has 0 aromatic heterocycles. The quantitative estimate of drug-likeness (QED) is 0.659. The van der Waals surface area contributed by atoms with Crippen molar-refractivity contribution in [3.8, 4) is 0 Å². The molecule has 1 aromatic carbocycles. The fourth-order valence-electron chi connectivity index (χ4n) is 1.34. The van der Waals surface area contributed by atoms with Gasteiger partial charge in [-0.1, -0.05) is 23.4 Å². The molecule has 1 aromatic rings.